The number of ether oxygens (including phenoxy) is 2. The number of non-ortho nitro benzene ring substituents is 1. The molecule has 0 saturated heterocycles. The van der Waals surface area contributed by atoms with Crippen molar-refractivity contribution in [3.8, 4) is 11.4 Å². The zero-order valence-corrected chi connectivity index (χ0v) is 17.4. The Morgan fingerprint density at radius 1 is 1.36 bits per heavy atom. The Bertz CT molecular complexity index is 1100. The first-order valence-electron chi connectivity index (χ1n) is 8.01. The van der Waals surface area contributed by atoms with Gasteiger partial charge in [-0.15, -0.1) is 5.10 Å². The SMILES string of the molecule is O=[N+]([O-])c1cc2c(c(CSc3nn(-c4ccc(Cl)cc4)c(=S)s3)c1)OCOC2. The summed E-state index contributed by atoms with van der Waals surface area (Å²) in [6, 6.07) is 10.3. The lowest BCUT2D eigenvalue weighted by atomic mass is 10.1. The third-order valence-corrected chi connectivity index (χ3v) is 6.60. The largest absolute Gasteiger partial charge is 0.467 e. The third kappa shape index (κ3) is 4.06. The number of fused-ring (bicyclic) bond motifs is 1. The number of halogens is 1. The van der Waals surface area contributed by atoms with Crippen LogP contribution >= 0.6 is 46.9 Å². The van der Waals surface area contributed by atoms with Crippen molar-refractivity contribution in [3.05, 3.63) is 66.6 Å². The van der Waals surface area contributed by atoms with Gasteiger partial charge >= 0.3 is 0 Å². The molecule has 0 fully saturated rings. The predicted molar refractivity (Wildman–Crippen MR) is 110 cm³/mol. The molecule has 7 nitrogen and oxygen atoms in total. The zero-order valence-electron chi connectivity index (χ0n) is 14.2. The second-order valence-corrected chi connectivity index (χ2v) is 9.05. The predicted octanol–water partition coefficient (Wildman–Crippen LogP) is 5.38. The van der Waals surface area contributed by atoms with Gasteiger partial charge in [-0.3, -0.25) is 10.1 Å². The fourth-order valence-electron chi connectivity index (χ4n) is 2.70. The molecule has 0 radical (unpaired) electrons. The molecule has 1 aliphatic rings. The minimum atomic E-state index is -0.414. The highest BCUT2D eigenvalue weighted by molar-refractivity contribution is 8.00. The molecule has 0 N–H and O–H groups in total. The van der Waals surface area contributed by atoms with Crippen molar-refractivity contribution in [1.82, 2.24) is 9.78 Å². The molecule has 0 saturated carbocycles. The van der Waals surface area contributed by atoms with Gasteiger partial charge in [-0.2, -0.15) is 0 Å². The van der Waals surface area contributed by atoms with Gasteiger partial charge in [-0.05, 0) is 36.5 Å². The van der Waals surface area contributed by atoms with Crippen molar-refractivity contribution in [2.75, 3.05) is 6.79 Å². The highest BCUT2D eigenvalue weighted by Crippen LogP contribution is 2.37. The molecule has 1 aromatic heterocycles. The highest BCUT2D eigenvalue weighted by Gasteiger charge is 2.21. The summed E-state index contributed by atoms with van der Waals surface area (Å²) in [5.41, 5.74) is 2.25. The topological polar surface area (TPSA) is 79.4 Å². The molecule has 0 aliphatic carbocycles. The monoisotopic (exact) mass is 453 g/mol. The number of aromatic nitrogens is 2. The molecule has 0 atom stereocenters. The molecular formula is C17H12ClN3O4S3. The van der Waals surface area contributed by atoms with E-state index >= 15 is 0 Å². The van der Waals surface area contributed by atoms with Crippen molar-refractivity contribution >= 4 is 52.6 Å². The Hall–Kier alpha value is -1.98. The molecule has 28 heavy (non-hydrogen) atoms. The Kier molecular flexibility index (Phi) is 5.65. The second-order valence-electron chi connectivity index (χ2n) is 5.77. The number of rotatable bonds is 5. The maximum absolute atomic E-state index is 11.2. The van der Waals surface area contributed by atoms with E-state index in [1.165, 1.54) is 35.2 Å². The summed E-state index contributed by atoms with van der Waals surface area (Å²) in [6.45, 7) is 0.422. The normalized spacial score (nSPS) is 13.0. The summed E-state index contributed by atoms with van der Waals surface area (Å²) in [4.78, 5) is 10.8. The van der Waals surface area contributed by atoms with Gasteiger partial charge in [-0.25, -0.2) is 4.68 Å². The molecule has 2 heterocycles. The van der Waals surface area contributed by atoms with Gasteiger partial charge in [0.15, 0.2) is 15.1 Å². The van der Waals surface area contributed by atoms with Gasteiger partial charge in [0.05, 0.1) is 17.2 Å². The lowest BCUT2D eigenvalue weighted by molar-refractivity contribution is -0.385. The average Bonchev–Trinajstić information content (AvgIpc) is 3.07. The lowest BCUT2D eigenvalue weighted by Gasteiger charge is -2.20. The molecule has 144 valence electrons. The first kappa shape index (κ1) is 19.3. The molecule has 0 spiro atoms. The maximum Gasteiger partial charge on any atom is 0.270 e. The van der Waals surface area contributed by atoms with E-state index < -0.39 is 4.92 Å². The first-order chi connectivity index (χ1) is 13.5. The smallest absolute Gasteiger partial charge is 0.270 e. The number of hydrogen-bond acceptors (Lipinski definition) is 8. The minimum absolute atomic E-state index is 0.0165. The maximum atomic E-state index is 11.2. The molecule has 1 aliphatic heterocycles. The minimum Gasteiger partial charge on any atom is -0.467 e. The Balaban J connectivity index is 1.59. The van der Waals surface area contributed by atoms with Crippen LogP contribution in [0.15, 0.2) is 40.7 Å². The van der Waals surface area contributed by atoms with Crippen LogP contribution in [-0.4, -0.2) is 21.5 Å². The highest BCUT2D eigenvalue weighted by atomic mass is 35.5. The van der Waals surface area contributed by atoms with Gasteiger partial charge in [0.25, 0.3) is 5.69 Å². The van der Waals surface area contributed by atoms with E-state index in [2.05, 4.69) is 5.10 Å². The second kappa shape index (κ2) is 8.18. The van der Waals surface area contributed by atoms with Crippen LogP contribution < -0.4 is 4.74 Å². The van der Waals surface area contributed by atoms with Crippen LogP contribution in [0.5, 0.6) is 5.75 Å². The molecule has 3 aromatic rings. The van der Waals surface area contributed by atoms with Gasteiger partial charge in [0, 0.05) is 34.0 Å². The number of nitro groups is 1. The number of nitrogens with zero attached hydrogens (tertiary/aromatic N) is 3. The summed E-state index contributed by atoms with van der Waals surface area (Å²) in [5, 5.41) is 16.4. The molecule has 11 heteroatoms. The molecule has 0 amide bonds. The number of hydrogen-bond donors (Lipinski definition) is 0. The Morgan fingerprint density at radius 3 is 2.89 bits per heavy atom. The van der Waals surface area contributed by atoms with Gasteiger partial charge in [0.1, 0.15) is 5.75 Å². The van der Waals surface area contributed by atoms with Crippen molar-refractivity contribution in [2.45, 2.75) is 16.7 Å². The summed E-state index contributed by atoms with van der Waals surface area (Å²) < 4.78 is 13.8. The first-order valence-corrected chi connectivity index (χ1v) is 10.6. The van der Waals surface area contributed by atoms with Crippen LogP contribution in [0.1, 0.15) is 11.1 Å². The lowest BCUT2D eigenvalue weighted by Crippen LogP contribution is -2.13. The van der Waals surface area contributed by atoms with E-state index in [-0.39, 0.29) is 12.5 Å². The van der Waals surface area contributed by atoms with Crippen molar-refractivity contribution in [1.29, 1.82) is 0 Å². The van der Waals surface area contributed by atoms with E-state index in [1.807, 2.05) is 12.1 Å². The molecule has 0 unspecified atom stereocenters. The summed E-state index contributed by atoms with van der Waals surface area (Å²) >= 11 is 14.2. The summed E-state index contributed by atoms with van der Waals surface area (Å²) in [7, 11) is 0. The third-order valence-electron chi connectivity index (χ3n) is 3.93. The molecule has 4 rings (SSSR count). The van der Waals surface area contributed by atoms with Crippen LogP contribution in [0.3, 0.4) is 0 Å². The molecule has 0 bridgehead atoms. The Morgan fingerprint density at radius 2 is 2.14 bits per heavy atom. The van der Waals surface area contributed by atoms with Crippen LogP contribution in [0.4, 0.5) is 5.69 Å². The van der Waals surface area contributed by atoms with Crippen LogP contribution in [-0.2, 0) is 17.1 Å². The van der Waals surface area contributed by atoms with Crippen LogP contribution in [0, 0.1) is 14.1 Å². The average molecular weight is 454 g/mol. The van der Waals surface area contributed by atoms with E-state index in [9.17, 15) is 10.1 Å². The number of thioether (sulfide) groups is 1. The van der Waals surface area contributed by atoms with Gasteiger partial charge in [-0.1, -0.05) is 34.7 Å². The zero-order chi connectivity index (χ0) is 19.7. The van der Waals surface area contributed by atoms with Crippen LogP contribution in [0.25, 0.3) is 5.69 Å². The van der Waals surface area contributed by atoms with Crippen molar-refractivity contribution in [3.63, 3.8) is 0 Å². The van der Waals surface area contributed by atoms with E-state index in [1.54, 1.807) is 16.8 Å². The van der Waals surface area contributed by atoms with E-state index in [0.29, 0.717) is 32.6 Å². The fourth-order valence-corrected chi connectivity index (χ4v) is 5.15. The quantitative estimate of drug-likeness (QED) is 0.222. The standard InChI is InChI=1S/C17H12ClN3O4S3/c18-12-1-3-13(4-2-12)20-17(26)28-16(19-20)27-8-11-6-14(21(22)23)5-10-7-24-9-25-15(10)11/h1-6H,7-9H2. The van der Waals surface area contributed by atoms with Gasteiger partial charge < -0.3 is 9.47 Å². The Labute approximate surface area is 178 Å². The van der Waals surface area contributed by atoms with E-state index in [0.717, 1.165) is 15.6 Å². The molecular weight excluding hydrogens is 442 g/mol. The summed E-state index contributed by atoms with van der Waals surface area (Å²) in [6.07, 6.45) is 0. The number of nitro benzene ring substituents is 1. The van der Waals surface area contributed by atoms with Gasteiger partial charge in [0.2, 0.25) is 0 Å². The van der Waals surface area contributed by atoms with Crippen LogP contribution in [0.2, 0.25) is 5.02 Å². The summed E-state index contributed by atoms with van der Waals surface area (Å²) in [5.74, 6) is 1.11. The van der Waals surface area contributed by atoms with E-state index in [4.69, 9.17) is 33.3 Å². The van der Waals surface area contributed by atoms with Crippen molar-refractivity contribution in [2.24, 2.45) is 0 Å². The fraction of sp³-hybridized carbons (Fsp3) is 0.176. The van der Waals surface area contributed by atoms with Crippen molar-refractivity contribution < 1.29 is 14.4 Å². The number of benzene rings is 2. The molecule has 2 aromatic carbocycles.